The Kier molecular flexibility index (Phi) is 4.30. The molecule has 0 saturated heterocycles. The number of anilines is 2. The number of hydrogen-bond acceptors (Lipinski definition) is 3. The highest BCUT2D eigenvalue weighted by Crippen LogP contribution is 2.25. The van der Waals surface area contributed by atoms with E-state index in [-0.39, 0.29) is 21.6 Å². The van der Waals surface area contributed by atoms with E-state index in [0.717, 1.165) is 0 Å². The highest BCUT2D eigenvalue weighted by molar-refractivity contribution is 6.33. The first-order valence-electron chi connectivity index (χ1n) is 5.89. The van der Waals surface area contributed by atoms with Crippen LogP contribution < -0.4 is 10.9 Å². The van der Waals surface area contributed by atoms with E-state index in [9.17, 15) is 9.18 Å². The Bertz CT molecular complexity index is 701. The SMILES string of the molecule is CC(C)n1ncc(Nc2ccc(F)c(Cl)c2)c(Cl)c1=O. The third-order valence-corrected chi connectivity index (χ3v) is 3.29. The smallest absolute Gasteiger partial charge is 0.287 e. The molecule has 0 aliphatic carbocycles. The maximum Gasteiger partial charge on any atom is 0.287 e. The highest BCUT2D eigenvalue weighted by atomic mass is 35.5. The third kappa shape index (κ3) is 2.94. The van der Waals surface area contributed by atoms with Crippen LogP contribution >= 0.6 is 23.2 Å². The van der Waals surface area contributed by atoms with E-state index < -0.39 is 5.82 Å². The van der Waals surface area contributed by atoms with Gasteiger partial charge in [-0.3, -0.25) is 4.79 Å². The Morgan fingerprint density at radius 3 is 2.65 bits per heavy atom. The minimum absolute atomic E-state index is 0.0189. The standard InChI is InChI=1S/C13H12Cl2FN3O/c1-7(2)19-13(20)12(15)11(6-17-19)18-8-3-4-10(16)9(14)5-8/h3-7,18H,1-2H3. The van der Waals surface area contributed by atoms with Gasteiger partial charge in [-0.25, -0.2) is 9.07 Å². The van der Waals surface area contributed by atoms with Gasteiger partial charge in [-0.1, -0.05) is 23.2 Å². The summed E-state index contributed by atoms with van der Waals surface area (Å²) >= 11 is 11.7. The van der Waals surface area contributed by atoms with Crippen LogP contribution in [0.1, 0.15) is 19.9 Å². The molecule has 0 saturated carbocycles. The lowest BCUT2D eigenvalue weighted by Gasteiger charge is -2.12. The van der Waals surface area contributed by atoms with Crippen LogP contribution in [0, 0.1) is 5.82 Å². The van der Waals surface area contributed by atoms with Crippen molar-refractivity contribution in [3.05, 3.63) is 50.6 Å². The topological polar surface area (TPSA) is 46.9 Å². The largest absolute Gasteiger partial charge is 0.353 e. The Morgan fingerprint density at radius 2 is 2.05 bits per heavy atom. The van der Waals surface area contributed by atoms with Crippen LogP contribution in [0.4, 0.5) is 15.8 Å². The Morgan fingerprint density at radius 1 is 1.35 bits per heavy atom. The molecular weight excluding hydrogens is 304 g/mol. The van der Waals surface area contributed by atoms with Crippen molar-refractivity contribution in [2.24, 2.45) is 0 Å². The predicted molar refractivity (Wildman–Crippen MR) is 78.6 cm³/mol. The molecule has 4 nitrogen and oxygen atoms in total. The lowest BCUT2D eigenvalue weighted by Crippen LogP contribution is -2.25. The summed E-state index contributed by atoms with van der Waals surface area (Å²) in [5.41, 5.74) is 0.470. The summed E-state index contributed by atoms with van der Waals surface area (Å²) < 4.78 is 14.4. The van der Waals surface area contributed by atoms with Crippen molar-refractivity contribution in [2.75, 3.05) is 5.32 Å². The van der Waals surface area contributed by atoms with Gasteiger partial charge in [-0.15, -0.1) is 0 Å². The summed E-state index contributed by atoms with van der Waals surface area (Å²) in [7, 11) is 0. The van der Waals surface area contributed by atoms with Crippen molar-refractivity contribution in [1.29, 1.82) is 0 Å². The molecule has 7 heteroatoms. The van der Waals surface area contributed by atoms with Gasteiger partial charge in [-0.2, -0.15) is 5.10 Å². The number of nitrogens with zero attached hydrogens (tertiary/aromatic N) is 2. The van der Waals surface area contributed by atoms with Crippen molar-refractivity contribution in [3.63, 3.8) is 0 Å². The fraction of sp³-hybridized carbons (Fsp3) is 0.231. The summed E-state index contributed by atoms with van der Waals surface area (Å²) in [4.78, 5) is 12.0. The number of rotatable bonds is 3. The summed E-state index contributed by atoms with van der Waals surface area (Å²) in [6.07, 6.45) is 1.45. The molecule has 0 atom stereocenters. The molecule has 1 aromatic carbocycles. The van der Waals surface area contributed by atoms with Gasteiger partial charge in [-0.05, 0) is 32.0 Å². The molecule has 2 aromatic rings. The maximum absolute atomic E-state index is 13.1. The van der Waals surface area contributed by atoms with E-state index in [4.69, 9.17) is 23.2 Å². The van der Waals surface area contributed by atoms with Crippen LogP contribution in [0.2, 0.25) is 10.0 Å². The normalized spacial score (nSPS) is 10.9. The lowest BCUT2D eigenvalue weighted by molar-refractivity contribution is 0.503. The van der Waals surface area contributed by atoms with E-state index in [1.165, 1.54) is 29.1 Å². The Balaban J connectivity index is 2.37. The average Bonchev–Trinajstić information content (AvgIpc) is 2.39. The second-order valence-electron chi connectivity index (χ2n) is 4.47. The zero-order valence-corrected chi connectivity index (χ0v) is 12.3. The average molecular weight is 316 g/mol. The molecule has 0 unspecified atom stereocenters. The number of hydrogen-bond donors (Lipinski definition) is 1. The second kappa shape index (κ2) is 5.81. The van der Waals surface area contributed by atoms with Crippen molar-refractivity contribution < 1.29 is 4.39 Å². The molecule has 0 fully saturated rings. The van der Waals surface area contributed by atoms with Gasteiger partial charge in [0.05, 0.1) is 22.9 Å². The van der Waals surface area contributed by atoms with Gasteiger partial charge in [0.2, 0.25) is 0 Å². The van der Waals surface area contributed by atoms with Crippen molar-refractivity contribution in [2.45, 2.75) is 19.9 Å². The van der Waals surface area contributed by atoms with Crippen molar-refractivity contribution in [3.8, 4) is 0 Å². The Labute approximate surface area is 125 Å². The monoisotopic (exact) mass is 315 g/mol. The van der Waals surface area contributed by atoms with E-state index in [2.05, 4.69) is 10.4 Å². The molecule has 0 aliphatic rings. The van der Waals surface area contributed by atoms with Crippen molar-refractivity contribution in [1.82, 2.24) is 9.78 Å². The van der Waals surface area contributed by atoms with Gasteiger partial charge < -0.3 is 5.32 Å². The molecule has 20 heavy (non-hydrogen) atoms. The first-order chi connectivity index (χ1) is 9.40. The first-order valence-corrected chi connectivity index (χ1v) is 6.65. The van der Waals surface area contributed by atoms with E-state index in [1.54, 1.807) is 0 Å². The molecule has 106 valence electrons. The molecule has 1 aromatic heterocycles. The van der Waals surface area contributed by atoms with Crippen molar-refractivity contribution >= 4 is 34.6 Å². The van der Waals surface area contributed by atoms with E-state index in [0.29, 0.717) is 11.4 Å². The summed E-state index contributed by atoms with van der Waals surface area (Å²) in [6.45, 7) is 3.66. The molecular formula is C13H12Cl2FN3O. The second-order valence-corrected chi connectivity index (χ2v) is 5.25. The summed E-state index contributed by atoms with van der Waals surface area (Å²) in [5.74, 6) is -0.517. The minimum Gasteiger partial charge on any atom is -0.353 e. The fourth-order valence-corrected chi connectivity index (χ4v) is 1.99. The number of aromatic nitrogens is 2. The van der Waals surface area contributed by atoms with Crippen LogP contribution in [-0.2, 0) is 0 Å². The molecule has 0 spiro atoms. The van der Waals surface area contributed by atoms with Crippen LogP contribution in [0.5, 0.6) is 0 Å². The molecule has 1 heterocycles. The number of benzene rings is 1. The highest BCUT2D eigenvalue weighted by Gasteiger charge is 2.11. The van der Waals surface area contributed by atoms with Gasteiger partial charge >= 0.3 is 0 Å². The first kappa shape index (κ1) is 14.8. The zero-order chi connectivity index (χ0) is 14.9. The van der Waals surface area contributed by atoms with Crippen LogP contribution in [-0.4, -0.2) is 9.78 Å². The lowest BCUT2D eigenvalue weighted by atomic mass is 10.3. The molecule has 0 radical (unpaired) electrons. The number of halogens is 3. The van der Waals surface area contributed by atoms with E-state index >= 15 is 0 Å². The van der Waals surface area contributed by atoms with Crippen LogP contribution in [0.3, 0.4) is 0 Å². The molecule has 0 amide bonds. The maximum atomic E-state index is 13.1. The Hall–Kier alpha value is -1.59. The molecule has 1 N–H and O–H groups in total. The zero-order valence-electron chi connectivity index (χ0n) is 10.8. The molecule has 0 aliphatic heterocycles. The van der Waals surface area contributed by atoms with Gasteiger partial charge in [0.25, 0.3) is 5.56 Å². The molecule has 0 bridgehead atoms. The summed E-state index contributed by atoms with van der Waals surface area (Å²) in [5, 5.41) is 6.92. The van der Waals surface area contributed by atoms with Gasteiger partial charge in [0, 0.05) is 5.69 Å². The van der Waals surface area contributed by atoms with Gasteiger partial charge in [0.15, 0.2) is 0 Å². The molecule has 2 rings (SSSR count). The predicted octanol–water partition coefficient (Wildman–Crippen LogP) is 4.01. The van der Waals surface area contributed by atoms with Gasteiger partial charge in [0.1, 0.15) is 10.8 Å². The quantitative estimate of drug-likeness (QED) is 0.930. The number of nitrogens with one attached hydrogen (secondary N) is 1. The summed E-state index contributed by atoms with van der Waals surface area (Å²) in [6, 6.07) is 4.03. The minimum atomic E-state index is -0.517. The van der Waals surface area contributed by atoms with Crippen LogP contribution in [0.25, 0.3) is 0 Å². The fourth-order valence-electron chi connectivity index (χ4n) is 1.63. The van der Waals surface area contributed by atoms with E-state index in [1.807, 2.05) is 13.8 Å². The third-order valence-electron chi connectivity index (χ3n) is 2.63. The van der Waals surface area contributed by atoms with Crippen LogP contribution in [0.15, 0.2) is 29.2 Å².